The van der Waals surface area contributed by atoms with Crippen molar-refractivity contribution in [3.63, 3.8) is 0 Å². The highest BCUT2D eigenvalue weighted by Gasteiger charge is 2.35. The van der Waals surface area contributed by atoms with Crippen molar-refractivity contribution in [1.82, 2.24) is 10.6 Å². The first-order chi connectivity index (χ1) is 12.2. The van der Waals surface area contributed by atoms with Gasteiger partial charge < -0.3 is 15.1 Å². The molecule has 2 N–H and O–H groups in total. The van der Waals surface area contributed by atoms with E-state index in [1.54, 1.807) is 12.1 Å². The van der Waals surface area contributed by atoms with Crippen LogP contribution in [0.25, 0.3) is 0 Å². The summed E-state index contributed by atoms with van der Waals surface area (Å²) < 4.78 is 5.02. The molecule has 1 aliphatic carbocycles. The zero-order valence-corrected chi connectivity index (χ0v) is 14.3. The van der Waals surface area contributed by atoms with Crippen molar-refractivity contribution in [1.29, 1.82) is 0 Å². The van der Waals surface area contributed by atoms with E-state index in [0.717, 1.165) is 12.8 Å². The molecule has 2 amide bonds. The van der Waals surface area contributed by atoms with Gasteiger partial charge >= 0.3 is 0 Å². The number of benzene rings is 1. The Bertz CT molecular complexity index is 689. The van der Waals surface area contributed by atoms with Crippen LogP contribution in [0, 0.1) is 0 Å². The van der Waals surface area contributed by atoms with E-state index in [9.17, 15) is 9.59 Å². The lowest BCUT2D eigenvalue weighted by Crippen LogP contribution is -2.40. The van der Waals surface area contributed by atoms with Crippen LogP contribution < -0.4 is 10.6 Å². The molecule has 3 rings (SSSR count). The molecule has 1 saturated carbocycles. The summed E-state index contributed by atoms with van der Waals surface area (Å²) in [6.45, 7) is 0.950. The van der Waals surface area contributed by atoms with Crippen LogP contribution in [0.1, 0.15) is 48.2 Å². The van der Waals surface area contributed by atoms with E-state index in [0.29, 0.717) is 13.1 Å². The topological polar surface area (TPSA) is 71.3 Å². The average Bonchev–Trinajstić information content (AvgIpc) is 3.33. The fourth-order valence-corrected chi connectivity index (χ4v) is 3.55. The summed E-state index contributed by atoms with van der Waals surface area (Å²) in [6, 6.07) is 13.7. The molecule has 0 unspecified atom stereocenters. The van der Waals surface area contributed by atoms with Gasteiger partial charge in [-0.2, -0.15) is 0 Å². The Kier molecular flexibility index (Phi) is 5.53. The predicted octanol–water partition coefficient (Wildman–Crippen LogP) is 3.03. The Labute approximate surface area is 147 Å². The van der Waals surface area contributed by atoms with Gasteiger partial charge in [0.1, 0.15) is 0 Å². The summed E-state index contributed by atoms with van der Waals surface area (Å²) in [5.74, 6) is -0.0781. The summed E-state index contributed by atoms with van der Waals surface area (Å²) in [6.07, 6.45) is 6.32. The molecule has 1 fully saturated rings. The van der Waals surface area contributed by atoms with Crippen molar-refractivity contribution in [3.8, 4) is 0 Å². The van der Waals surface area contributed by atoms with Crippen molar-refractivity contribution in [2.75, 3.05) is 13.1 Å². The van der Waals surface area contributed by atoms with Gasteiger partial charge in [-0.15, -0.1) is 0 Å². The first-order valence-corrected chi connectivity index (χ1v) is 8.84. The third-order valence-electron chi connectivity index (χ3n) is 4.95. The Balaban J connectivity index is 1.47. The van der Waals surface area contributed by atoms with E-state index in [-0.39, 0.29) is 29.4 Å². The molecular weight excluding hydrogens is 316 g/mol. The molecule has 0 radical (unpaired) electrons. The molecule has 1 aromatic carbocycles. The Hall–Kier alpha value is -2.56. The SMILES string of the molecule is O=C(CCNC(=O)c1ccco1)NCC1(c2ccccc2)CCCC1. The molecule has 1 aromatic heterocycles. The van der Waals surface area contributed by atoms with E-state index >= 15 is 0 Å². The maximum absolute atomic E-state index is 12.2. The summed E-state index contributed by atoms with van der Waals surface area (Å²) >= 11 is 0. The molecule has 5 nitrogen and oxygen atoms in total. The number of furan rings is 1. The van der Waals surface area contributed by atoms with Crippen LogP contribution in [0.15, 0.2) is 53.1 Å². The molecule has 2 aromatic rings. The lowest BCUT2D eigenvalue weighted by atomic mass is 9.79. The van der Waals surface area contributed by atoms with E-state index in [4.69, 9.17) is 4.42 Å². The summed E-state index contributed by atoms with van der Waals surface area (Å²) in [4.78, 5) is 23.9. The van der Waals surface area contributed by atoms with Gasteiger partial charge in [-0.05, 0) is 30.5 Å². The highest BCUT2D eigenvalue weighted by atomic mass is 16.3. The number of rotatable bonds is 7. The second-order valence-electron chi connectivity index (χ2n) is 6.61. The Morgan fingerprint density at radius 3 is 2.44 bits per heavy atom. The first-order valence-electron chi connectivity index (χ1n) is 8.84. The van der Waals surface area contributed by atoms with Gasteiger partial charge in [-0.1, -0.05) is 43.2 Å². The van der Waals surface area contributed by atoms with Crippen molar-refractivity contribution in [2.45, 2.75) is 37.5 Å². The fraction of sp³-hybridized carbons (Fsp3) is 0.400. The predicted molar refractivity (Wildman–Crippen MR) is 95.3 cm³/mol. The van der Waals surface area contributed by atoms with Gasteiger partial charge in [0.2, 0.25) is 5.91 Å². The maximum atomic E-state index is 12.2. The molecule has 0 atom stereocenters. The minimum absolute atomic E-state index is 0.0399. The van der Waals surface area contributed by atoms with Crippen LogP contribution in [-0.2, 0) is 10.2 Å². The second kappa shape index (κ2) is 8.01. The zero-order chi connectivity index (χ0) is 17.5. The van der Waals surface area contributed by atoms with Crippen LogP contribution in [0.5, 0.6) is 0 Å². The summed E-state index contributed by atoms with van der Waals surface area (Å²) in [7, 11) is 0. The molecule has 1 heterocycles. The fourth-order valence-electron chi connectivity index (χ4n) is 3.55. The minimum Gasteiger partial charge on any atom is -0.459 e. The van der Waals surface area contributed by atoms with Gasteiger partial charge in [0.25, 0.3) is 5.91 Å². The van der Waals surface area contributed by atoms with E-state index < -0.39 is 0 Å². The molecular formula is C20H24N2O3. The van der Waals surface area contributed by atoms with Crippen LogP contribution in [0.4, 0.5) is 0 Å². The molecule has 0 aliphatic heterocycles. The highest BCUT2D eigenvalue weighted by molar-refractivity contribution is 5.91. The number of carbonyl (C=O) groups excluding carboxylic acids is 2. The number of carbonyl (C=O) groups is 2. The average molecular weight is 340 g/mol. The van der Waals surface area contributed by atoms with Crippen molar-refractivity contribution < 1.29 is 14.0 Å². The standard InChI is InChI=1S/C20H24N2O3/c23-18(10-13-21-19(24)17-9-6-14-25-17)22-15-20(11-4-5-12-20)16-7-2-1-3-8-16/h1-3,6-9,14H,4-5,10-13,15H2,(H,21,24)(H,22,23). The van der Waals surface area contributed by atoms with Gasteiger partial charge in [0.05, 0.1) is 6.26 Å². The zero-order valence-electron chi connectivity index (χ0n) is 14.3. The minimum atomic E-state index is -0.297. The normalized spacial score (nSPS) is 15.7. The summed E-state index contributed by atoms with van der Waals surface area (Å²) in [5.41, 5.74) is 1.35. The lowest BCUT2D eigenvalue weighted by molar-refractivity contribution is -0.121. The van der Waals surface area contributed by atoms with Gasteiger partial charge in [-0.25, -0.2) is 0 Å². The van der Waals surface area contributed by atoms with Crippen LogP contribution in [0.3, 0.4) is 0 Å². The van der Waals surface area contributed by atoms with Crippen molar-refractivity contribution >= 4 is 11.8 Å². The molecule has 0 bridgehead atoms. The van der Waals surface area contributed by atoms with E-state index in [2.05, 4.69) is 34.9 Å². The van der Waals surface area contributed by atoms with Gasteiger partial charge in [0, 0.05) is 24.9 Å². The quantitative estimate of drug-likeness (QED) is 0.814. The largest absolute Gasteiger partial charge is 0.459 e. The summed E-state index contributed by atoms with van der Waals surface area (Å²) in [5, 5.41) is 5.75. The van der Waals surface area contributed by atoms with Crippen molar-refractivity contribution in [3.05, 3.63) is 60.1 Å². The molecule has 25 heavy (non-hydrogen) atoms. The number of amides is 2. The molecule has 5 heteroatoms. The highest BCUT2D eigenvalue weighted by Crippen LogP contribution is 2.40. The van der Waals surface area contributed by atoms with Gasteiger partial charge in [0.15, 0.2) is 5.76 Å². The smallest absolute Gasteiger partial charge is 0.286 e. The molecule has 1 aliphatic rings. The number of hydrogen-bond donors (Lipinski definition) is 2. The Morgan fingerprint density at radius 2 is 1.76 bits per heavy atom. The van der Waals surface area contributed by atoms with Gasteiger partial charge in [-0.3, -0.25) is 9.59 Å². The van der Waals surface area contributed by atoms with Crippen LogP contribution in [-0.4, -0.2) is 24.9 Å². The molecule has 0 saturated heterocycles. The molecule has 0 spiro atoms. The molecule has 132 valence electrons. The van der Waals surface area contributed by atoms with Crippen molar-refractivity contribution in [2.24, 2.45) is 0 Å². The number of hydrogen-bond acceptors (Lipinski definition) is 3. The number of nitrogens with one attached hydrogen (secondary N) is 2. The van der Waals surface area contributed by atoms with E-state index in [1.165, 1.54) is 24.7 Å². The third-order valence-corrected chi connectivity index (χ3v) is 4.95. The van der Waals surface area contributed by atoms with Crippen LogP contribution >= 0.6 is 0 Å². The lowest BCUT2D eigenvalue weighted by Gasteiger charge is -2.30. The first kappa shape index (κ1) is 17.3. The second-order valence-corrected chi connectivity index (χ2v) is 6.61. The van der Waals surface area contributed by atoms with E-state index in [1.807, 2.05) is 6.07 Å². The monoisotopic (exact) mass is 340 g/mol. The Morgan fingerprint density at radius 1 is 1.00 bits per heavy atom. The van der Waals surface area contributed by atoms with Crippen LogP contribution in [0.2, 0.25) is 0 Å². The maximum Gasteiger partial charge on any atom is 0.286 e. The third kappa shape index (κ3) is 4.29.